The predicted octanol–water partition coefficient (Wildman–Crippen LogP) is 2.42. The van der Waals surface area contributed by atoms with Gasteiger partial charge >= 0.3 is 0 Å². The molecule has 2 aliphatic heterocycles. The Morgan fingerprint density at radius 1 is 1.53 bits per heavy atom. The molecule has 0 saturated carbocycles. The quantitative estimate of drug-likeness (QED) is 0.780. The number of halogens is 1. The topological polar surface area (TPSA) is 21.3 Å². The van der Waals surface area contributed by atoms with Crippen molar-refractivity contribution in [2.75, 3.05) is 13.1 Å². The minimum absolute atomic E-state index is 0.00616. The van der Waals surface area contributed by atoms with E-state index >= 15 is 0 Å². The Bertz CT molecular complexity index is 407. The normalized spacial score (nSPS) is 33.6. The highest BCUT2D eigenvalue weighted by Crippen LogP contribution is 2.42. The lowest BCUT2D eigenvalue weighted by Crippen LogP contribution is -2.39. The van der Waals surface area contributed by atoms with Gasteiger partial charge in [-0.1, -0.05) is 28.1 Å². The Morgan fingerprint density at radius 3 is 3.27 bits per heavy atom. The summed E-state index contributed by atoms with van der Waals surface area (Å²) < 4.78 is 7.18. The van der Waals surface area contributed by atoms with E-state index in [-0.39, 0.29) is 5.60 Å². The molecule has 0 aromatic heterocycles. The number of hydrogen-bond donors (Lipinski definition) is 1. The molecule has 1 N–H and O–H groups in total. The van der Waals surface area contributed by atoms with E-state index in [0.29, 0.717) is 5.92 Å². The molecule has 0 unspecified atom stereocenters. The first kappa shape index (κ1) is 9.82. The number of benzene rings is 1. The Morgan fingerprint density at radius 2 is 2.40 bits per heavy atom. The van der Waals surface area contributed by atoms with E-state index in [1.54, 1.807) is 0 Å². The van der Waals surface area contributed by atoms with Gasteiger partial charge in [-0.15, -0.1) is 0 Å². The molecule has 80 valence electrons. The molecule has 0 amide bonds. The number of nitrogens with one attached hydrogen (secondary N) is 1. The molecule has 3 rings (SSSR count). The summed E-state index contributed by atoms with van der Waals surface area (Å²) in [6.07, 6.45) is 0. The molecule has 1 aromatic rings. The average molecular weight is 268 g/mol. The summed E-state index contributed by atoms with van der Waals surface area (Å²) in [6.45, 7) is 4.93. The van der Waals surface area contributed by atoms with Gasteiger partial charge in [0.2, 0.25) is 0 Å². The van der Waals surface area contributed by atoms with Crippen molar-refractivity contribution in [1.29, 1.82) is 0 Å². The largest absolute Gasteiger partial charge is 0.369 e. The minimum atomic E-state index is -0.00616. The Balaban J connectivity index is 2.13. The van der Waals surface area contributed by atoms with E-state index in [1.807, 2.05) is 0 Å². The standard InChI is InChI=1S/C12H14BrNO/c1-12-7-14-5-10(12)8-3-2-4-11(13)9(8)6-15-12/h2-4,10,14H,5-7H2,1H3/t10-,12+/m1/s1. The molecule has 15 heavy (non-hydrogen) atoms. The summed E-state index contributed by atoms with van der Waals surface area (Å²) >= 11 is 3.60. The molecule has 2 heterocycles. The van der Waals surface area contributed by atoms with E-state index in [1.165, 1.54) is 15.6 Å². The third kappa shape index (κ3) is 1.37. The van der Waals surface area contributed by atoms with Crippen LogP contribution in [0.2, 0.25) is 0 Å². The third-order valence-corrected chi connectivity index (χ3v) is 4.38. The van der Waals surface area contributed by atoms with E-state index in [4.69, 9.17) is 4.74 Å². The van der Waals surface area contributed by atoms with Crippen LogP contribution in [-0.2, 0) is 11.3 Å². The molecular weight excluding hydrogens is 254 g/mol. The van der Waals surface area contributed by atoms with E-state index in [2.05, 4.69) is 46.4 Å². The zero-order chi connectivity index (χ0) is 10.5. The first-order chi connectivity index (χ1) is 7.21. The molecule has 0 spiro atoms. The molecule has 3 heteroatoms. The summed E-state index contributed by atoms with van der Waals surface area (Å²) in [5, 5.41) is 3.42. The molecular formula is C12H14BrNO. The van der Waals surface area contributed by atoms with Crippen molar-refractivity contribution in [2.45, 2.75) is 25.0 Å². The summed E-state index contributed by atoms with van der Waals surface area (Å²) in [6, 6.07) is 6.44. The maximum atomic E-state index is 6.00. The van der Waals surface area contributed by atoms with Crippen molar-refractivity contribution in [3.63, 3.8) is 0 Å². The van der Waals surface area contributed by atoms with Gasteiger partial charge in [-0.2, -0.15) is 0 Å². The maximum absolute atomic E-state index is 6.00. The van der Waals surface area contributed by atoms with Gasteiger partial charge in [0, 0.05) is 23.5 Å². The van der Waals surface area contributed by atoms with Crippen LogP contribution in [0, 0.1) is 0 Å². The molecule has 0 bridgehead atoms. The van der Waals surface area contributed by atoms with E-state index < -0.39 is 0 Å². The molecule has 2 aliphatic rings. The van der Waals surface area contributed by atoms with Crippen LogP contribution in [0.25, 0.3) is 0 Å². The number of rotatable bonds is 0. The molecule has 0 aliphatic carbocycles. The number of hydrogen-bond acceptors (Lipinski definition) is 2. The van der Waals surface area contributed by atoms with Crippen molar-refractivity contribution < 1.29 is 4.74 Å². The third-order valence-electron chi connectivity index (χ3n) is 3.64. The zero-order valence-electron chi connectivity index (χ0n) is 8.72. The van der Waals surface area contributed by atoms with E-state index in [9.17, 15) is 0 Å². The van der Waals surface area contributed by atoms with Crippen molar-refractivity contribution >= 4 is 15.9 Å². The van der Waals surface area contributed by atoms with E-state index in [0.717, 1.165) is 19.7 Å². The maximum Gasteiger partial charge on any atom is 0.0863 e. The summed E-state index contributed by atoms with van der Waals surface area (Å²) in [5.74, 6) is 0.499. The Hall–Kier alpha value is -0.380. The van der Waals surface area contributed by atoms with Crippen molar-refractivity contribution in [1.82, 2.24) is 5.32 Å². The van der Waals surface area contributed by atoms with Gasteiger partial charge in [-0.05, 0) is 24.1 Å². The average Bonchev–Trinajstić information content (AvgIpc) is 2.60. The van der Waals surface area contributed by atoms with Gasteiger partial charge in [0.05, 0.1) is 12.2 Å². The number of fused-ring (bicyclic) bond motifs is 3. The minimum Gasteiger partial charge on any atom is -0.369 e. The monoisotopic (exact) mass is 267 g/mol. The highest BCUT2D eigenvalue weighted by Gasteiger charge is 2.44. The summed E-state index contributed by atoms with van der Waals surface area (Å²) in [5.41, 5.74) is 2.76. The van der Waals surface area contributed by atoms with Crippen LogP contribution in [0.1, 0.15) is 24.0 Å². The highest BCUT2D eigenvalue weighted by molar-refractivity contribution is 9.10. The first-order valence-electron chi connectivity index (χ1n) is 5.33. The van der Waals surface area contributed by atoms with Gasteiger partial charge in [0.25, 0.3) is 0 Å². The highest BCUT2D eigenvalue weighted by atomic mass is 79.9. The lowest BCUT2D eigenvalue weighted by atomic mass is 9.82. The van der Waals surface area contributed by atoms with Crippen molar-refractivity contribution in [3.8, 4) is 0 Å². The second kappa shape index (κ2) is 3.30. The van der Waals surface area contributed by atoms with Crippen LogP contribution in [-0.4, -0.2) is 18.7 Å². The predicted molar refractivity (Wildman–Crippen MR) is 62.9 cm³/mol. The van der Waals surface area contributed by atoms with Gasteiger partial charge in [-0.25, -0.2) is 0 Å². The second-order valence-electron chi connectivity index (χ2n) is 4.59. The molecule has 0 radical (unpaired) electrons. The molecule has 1 fully saturated rings. The van der Waals surface area contributed by atoms with Crippen LogP contribution in [0.4, 0.5) is 0 Å². The fourth-order valence-electron chi connectivity index (χ4n) is 2.69. The van der Waals surface area contributed by atoms with Gasteiger partial charge in [-0.3, -0.25) is 0 Å². The number of ether oxygens (including phenoxy) is 1. The van der Waals surface area contributed by atoms with Crippen molar-refractivity contribution in [2.24, 2.45) is 0 Å². The second-order valence-corrected chi connectivity index (χ2v) is 5.45. The smallest absolute Gasteiger partial charge is 0.0863 e. The van der Waals surface area contributed by atoms with Crippen LogP contribution in [0.5, 0.6) is 0 Å². The van der Waals surface area contributed by atoms with Crippen molar-refractivity contribution in [3.05, 3.63) is 33.8 Å². The van der Waals surface area contributed by atoms with Gasteiger partial charge < -0.3 is 10.1 Å². The SMILES string of the molecule is C[C@]12CNC[C@@H]1c1cccc(Br)c1CO2. The molecule has 2 atom stereocenters. The van der Waals surface area contributed by atoms with Crippen LogP contribution in [0.3, 0.4) is 0 Å². The Kier molecular flexibility index (Phi) is 2.16. The molecule has 1 saturated heterocycles. The van der Waals surface area contributed by atoms with Gasteiger partial charge in [0.15, 0.2) is 0 Å². The lowest BCUT2D eigenvalue weighted by molar-refractivity contribution is -0.0520. The first-order valence-corrected chi connectivity index (χ1v) is 6.12. The van der Waals surface area contributed by atoms with Crippen LogP contribution < -0.4 is 5.32 Å². The summed E-state index contributed by atoms with van der Waals surface area (Å²) in [4.78, 5) is 0. The van der Waals surface area contributed by atoms with Gasteiger partial charge in [0.1, 0.15) is 0 Å². The van der Waals surface area contributed by atoms with Crippen LogP contribution >= 0.6 is 15.9 Å². The Labute approximate surface area is 98.1 Å². The van der Waals surface area contributed by atoms with Crippen LogP contribution in [0.15, 0.2) is 22.7 Å². The molecule has 2 nitrogen and oxygen atoms in total. The fraction of sp³-hybridized carbons (Fsp3) is 0.500. The lowest BCUT2D eigenvalue weighted by Gasteiger charge is -2.37. The zero-order valence-corrected chi connectivity index (χ0v) is 10.3. The fourth-order valence-corrected chi connectivity index (χ4v) is 3.18. The molecule has 1 aromatic carbocycles. The summed E-state index contributed by atoms with van der Waals surface area (Å²) in [7, 11) is 0.